The van der Waals surface area contributed by atoms with Gasteiger partial charge in [0.15, 0.2) is 0 Å². The van der Waals surface area contributed by atoms with Crippen LogP contribution < -0.4 is 5.32 Å². The molecule has 2 rings (SSSR count). The molecule has 2 aromatic rings. The van der Waals surface area contributed by atoms with E-state index in [1.54, 1.807) is 11.3 Å². The number of hydrogen-bond acceptors (Lipinski definition) is 3. The Morgan fingerprint density at radius 2 is 2.35 bits per heavy atom. The molecule has 2 heterocycles. The molecule has 3 nitrogen and oxygen atoms in total. The molecular formula is C12H16BrN3S. The molecule has 17 heavy (non-hydrogen) atoms. The number of aromatic nitrogens is 2. The van der Waals surface area contributed by atoms with Crippen molar-refractivity contribution in [3.05, 3.63) is 38.3 Å². The van der Waals surface area contributed by atoms with Gasteiger partial charge >= 0.3 is 0 Å². The van der Waals surface area contributed by atoms with Gasteiger partial charge in [0.2, 0.25) is 0 Å². The molecular weight excluding hydrogens is 298 g/mol. The Labute approximate surface area is 114 Å². The minimum absolute atomic E-state index is 0.372. The van der Waals surface area contributed by atoms with Crippen molar-refractivity contribution in [1.82, 2.24) is 15.1 Å². The highest BCUT2D eigenvalue weighted by Crippen LogP contribution is 2.22. The second kappa shape index (κ2) is 5.33. The lowest BCUT2D eigenvalue weighted by molar-refractivity contribution is 0.553. The Hall–Kier alpha value is -0.650. The summed E-state index contributed by atoms with van der Waals surface area (Å²) >= 11 is 5.36. The lowest BCUT2D eigenvalue weighted by Gasteiger charge is -2.12. The Morgan fingerprint density at radius 3 is 2.88 bits per heavy atom. The number of nitrogens with zero attached hydrogens (tertiary/aromatic N) is 2. The lowest BCUT2D eigenvalue weighted by atomic mass is 10.2. The maximum absolute atomic E-state index is 4.38. The van der Waals surface area contributed by atoms with Gasteiger partial charge in [-0.05, 0) is 41.2 Å². The van der Waals surface area contributed by atoms with Gasteiger partial charge in [-0.1, -0.05) is 6.07 Å². The van der Waals surface area contributed by atoms with Crippen LogP contribution in [0.1, 0.15) is 29.2 Å². The first-order valence-corrected chi connectivity index (χ1v) is 7.21. The Balaban J connectivity index is 2.03. The molecule has 0 aromatic carbocycles. The Kier molecular flexibility index (Phi) is 4.01. The highest BCUT2D eigenvalue weighted by Gasteiger charge is 2.12. The zero-order valence-electron chi connectivity index (χ0n) is 10.2. The lowest BCUT2D eigenvalue weighted by Crippen LogP contribution is -2.19. The average Bonchev–Trinajstić information content (AvgIpc) is 2.88. The second-order valence-corrected chi connectivity index (χ2v) is 5.86. The van der Waals surface area contributed by atoms with Crippen LogP contribution in [0.3, 0.4) is 0 Å². The molecule has 5 heteroatoms. The standard InChI is InChI=1S/C12H16BrN3S/c1-8(11-5-4-6-17-11)14-7-10-12(13)9(2)15-16(10)3/h4-6,8,14H,7H2,1-3H3/t8-/m0/s1. The zero-order chi connectivity index (χ0) is 12.4. The molecule has 1 atom stereocenters. The monoisotopic (exact) mass is 313 g/mol. The van der Waals surface area contributed by atoms with Crippen LogP contribution in [0.4, 0.5) is 0 Å². The molecule has 0 radical (unpaired) electrons. The van der Waals surface area contributed by atoms with Gasteiger partial charge in [-0.3, -0.25) is 4.68 Å². The number of rotatable bonds is 4. The van der Waals surface area contributed by atoms with E-state index in [1.807, 2.05) is 18.7 Å². The van der Waals surface area contributed by atoms with E-state index in [2.05, 4.69) is 50.8 Å². The highest BCUT2D eigenvalue weighted by atomic mass is 79.9. The summed E-state index contributed by atoms with van der Waals surface area (Å²) in [6, 6.07) is 4.62. The summed E-state index contributed by atoms with van der Waals surface area (Å²) in [4.78, 5) is 1.36. The maximum atomic E-state index is 4.38. The average molecular weight is 314 g/mol. The van der Waals surface area contributed by atoms with E-state index in [9.17, 15) is 0 Å². The van der Waals surface area contributed by atoms with Crippen molar-refractivity contribution >= 4 is 27.3 Å². The molecule has 1 N–H and O–H groups in total. The fraction of sp³-hybridized carbons (Fsp3) is 0.417. The predicted octanol–water partition coefficient (Wildman–Crippen LogP) is 3.40. The van der Waals surface area contributed by atoms with Crippen LogP contribution in [0.2, 0.25) is 0 Å². The normalized spacial score (nSPS) is 12.9. The summed E-state index contributed by atoms with van der Waals surface area (Å²) in [7, 11) is 1.98. The number of thiophene rings is 1. The largest absolute Gasteiger partial charge is 0.304 e. The SMILES string of the molecule is Cc1nn(C)c(CN[C@@H](C)c2cccs2)c1Br. The highest BCUT2D eigenvalue weighted by molar-refractivity contribution is 9.10. The van der Waals surface area contributed by atoms with Crippen LogP contribution in [0.15, 0.2) is 22.0 Å². The molecule has 0 saturated carbocycles. The van der Waals surface area contributed by atoms with Crippen LogP contribution in [0.5, 0.6) is 0 Å². The smallest absolute Gasteiger partial charge is 0.0739 e. The summed E-state index contributed by atoms with van der Waals surface area (Å²) in [5.74, 6) is 0. The third kappa shape index (κ3) is 2.78. The van der Waals surface area contributed by atoms with Crippen LogP contribution in [0, 0.1) is 6.92 Å². The zero-order valence-corrected chi connectivity index (χ0v) is 12.6. The molecule has 0 fully saturated rings. The van der Waals surface area contributed by atoms with Crippen molar-refractivity contribution < 1.29 is 0 Å². The van der Waals surface area contributed by atoms with E-state index < -0.39 is 0 Å². The molecule has 0 amide bonds. The van der Waals surface area contributed by atoms with Crippen LogP contribution >= 0.6 is 27.3 Å². The number of hydrogen-bond donors (Lipinski definition) is 1. The van der Waals surface area contributed by atoms with E-state index >= 15 is 0 Å². The molecule has 0 aliphatic heterocycles. The van der Waals surface area contributed by atoms with E-state index in [0.717, 1.165) is 16.7 Å². The van der Waals surface area contributed by atoms with E-state index in [1.165, 1.54) is 10.6 Å². The quantitative estimate of drug-likeness (QED) is 0.937. The first-order chi connectivity index (χ1) is 8.09. The molecule has 0 aliphatic carbocycles. The fourth-order valence-electron chi connectivity index (χ4n) is 1.76. The minimum atomic E-state index is 0.372. The van der Waals surface area contributed by atoms with Crippen LogP contribution in [-0.4, -0.2) is 9.78 Å². The Morgan fingerprint density at radius 1 is 1.59 bits per heavy atom. The van der Waals surface area contributed by atoms with Gasteiger partial charge in [0.05, 0.1) is 15.9 Å². The molecule has 0 spiro atoms. The first kappa shape index (κ1) is 12.8. The van der Waals surface area contributed by atoms with Crippen molar-refractivity contribution in [1.29, 1.82) is 0 Å². The second-order valence-electron chi connectivity index (χ2n) is 4.09. The summed E-state index contributed by atoms with van der Waals surface area (Å²) in [6.45, 7) is 5.01. The van der Waals surface area contributed by atoms with Crippen LogP contribution in [0.25, 0.3) is 0 Å². The van der Waals surface area contributed by atoms with Gasteiger partial charge in [-0.25, -0.2) is 0 Å². The van der Waals surface area contributed by atoms with Gasteiger partial charge in [0.1, 0.15) is 0 Å². The number of halogens is 1. The summed E-state index contributed by atoms with van der Waals surface area (Å²) in [5.41, 5.74) is 2.22. The van der Waals surface area contributed by atoms with Crippen molar-refractivity contribution in [2.45, 2.75) is 26.4 Å². The molecule has 0 aliphatic rings. The van der Waals surface area contributed by atoms with Crippen molar-refractivity contribution in [3.8, 4) is 0 Å². The number of nitrogens with one attached hydrogen (secondary N) is 1. The molecule has 92 valence electrons. The van der Waals surface area contributed by atoms with Crippen molar-refractivity contribution in [2.75, 3.05) is 0 Å². The first-order valence-electron chi connectivity index (χ1n) is 5.54. The van der Waals surface area contributed by atoms with Gasteiger partial charge in [-0.2, -0.15) is 5.10 Å². The third-order valence-electron chi connectivity index (χ3n) is 2.81. The molecule has 2 aromatic heterocycles. The van der Waals surface area contributed by atoms with Gasteiger partial charge in [0.25, 0.3) is 0 Å². The fourth-order valence-corrected chi connectivity index (χ4v) is 3.00. The van der Waals surface area contributed by atoms with E-state index in [4.69, 9.17) is 0 Å². The molecule has 0 saturated heterocycles. The van der Waals surface area contributed by atoms with E-state index in [0.29, 0.717) is 6.04 Å². The van der Waals surface area contributed by atoms with Crippen molar-refractivity contribution in [3.63, 3.8) is 0 Å². The topological polar surface area (TPSA) is 29.9 Å². The summed E-state index contributed by atoms with van der Waals surface area (Å²) in [5, 5.41) is 10.0. The molecule has 0 bridgehead atoms. The Bertz CT molecular complexity index is 490. The molecule has 0 unspecified atom stereocenters. The van der Waals surface area contributed by atoms with Gasteiger partial charge in [0, 0.05) is 24.5 Å². The van der Waals surface area contributed by atoms with Crippen molar-refractivity contribution in [2.24, 2.45) is 7.05 Å². The van der Waals surface area contributed by atoms with Crippen LogP contribution in [-0.2, 0) is 13.6 Å². The summed E-state index contributed by atoms with van der Waals surface area (Å²) < 4.78 is 3.03. The predicted molar refractivity (Wildman–Crippen MR) is 75.2 cm³/mol. The third-order valence-corrected chi connectivity index (χ3v) is 4.89. The number of aryl methyl sites for hydroxylation is 2. The minimum Gasteiger partial charge on any atom is -0.304 e. The van der Waals surface area contributed by atoms with Gasteiger partial charge < -0.3 is 5.32 Å². The van der Waals surface area contributed by atoms with E-state index in [-0.39, 0.29) is 0 Å². The maximum Gasteiger partial charge on any atom is 0.0739 e. The van der Waals surface area contributed by atoms with Gasteiger partial charge in [-0.15, -0.1) is 11.3 Å². The summed E-state index contributed by atoms with van der Waals surface area (Å²) in [6.07, 6.45) is 0.